The number of anilines is 1. The van der Waals surface area contributed by atoms with Crippen molar-refractivity contribution in [1.29, 1.82) is 0 Å². The van der Waals surface area contributed by atoms with Gasteiger partial charge in [-0.15, -0.1) is 0 Å². The maximum absolute atomic E-state index is 12.8. The Balaban J connectivity index is 1.45. The summed E-state index contributed by atoms with van der Waals surface area (Å²) < 4.78 is 5.43. The fraction of sp³-hybridized carbons (Fsp3) is 0.360. The average Bonchev–Trinajstić information content (AvgIpc) is 2.81. The number of hydrogen-bond acceptors (Lipinski definition) is 7. The lowest BCUT2D eigenvalue weighted by Crippen LogP contribution is -2.39. The van der Waals surface area contributed by atoms with E-state index >= 15 is 0 Å². The van der Waals surface area contributed by atoms with Gasteiger partial charge in [0, 0.05) is 24.2 Å². The molecule has 0 radical (unpaired) electrons. The normalized spacial score (nSPS) is 15.1. The number of benzene rings is 2. The van der Waals surface area contributed by atoms with Gasteiger partial charge < -0.3 is 10.1 Å². The second kappa shape index (κ2) is 10.9. The van der Waals surface area contributed by atoms with Crippen LogP contribution in [0.4, 0.5) is 10.5 Å². The molecule has 0 spiro atoms. The van der Waals surface area contributed by atoms with Gasteiger partial charge >= 0.3 is 6.03 Å². The lowest BCUT2D eigenvalue weighted by atomic mass is 10.1. The molecule has 3 amide bonds. The van der Waals surface area contributed by atoms with E-state index in [4.69, 9.17) is 14.7 Å². The Hall–Kier alpha value is -3.01. The molecule has 2 aromatic carbocycles. The molecule has 34 heavy (non-hydrogen) atoms. The number of nitrogens with zero attached hydrogens (tertiary/aromatic N) is 3. The highest BCUT2D eigenvalue weighted by Crippen LogP contribution is 2.29. The number of amides is 3. The summed E-state index contributed by atoms with van der Waals surface area (Å²) in [5.41, 5.74) is 3.55. The van der Waals surface area contributed by atoms with Crippen molar-refractivity contribution >= 4 is 40.3 Å². The molecule has 1 aliphatic rings. The van der Waals surface area contributed by atoms with Crippen molar-refractivity contribution in [3.63, 3.8) is 0 Å². The molecule has 3 aromatic rings. The summed E-state index contributed by atoms with van der Waals surface area (Å²) in [6.07, 6.45) is 0. The highest BCUT2D eigenvalue weighted by Gasteiger charge is 2.21. The van der Waals surface area contributed by atoms with Crippen LogP contribution < -0.4 is 10.6 Å². The molecule has 1 atom stereocenters. The molecule has 0 aliphatic carbocycles. The lowest BCUT2D eigenvalue weighted by Gasteiger charge is -2.26. The van der Waals surface area contributed by atoms with Crippen molar-refractivity contribution in [2.75, 3.05) is 31.6 Å². The molecule has 2 heterocycles. The van der Waals surface area contributed by atoms with E-state index in [0.717, 1.165) is 40.1 Å². The van der Waals surface area contributed by atoms with Crippen LogP contribution in [0, 0.1) is 13.8 Å². The van der Waals surface area contributed by atoms with Crippen LogP contribution in [-0.4, -0.2) is 58.4 Å². The second-order valence-electron chi connectivity index (χ2n) is 8.37. The zero-order valence-electron chi connectivity index (χ0n) is 19.6. The van der Waals surface area contributed by atoms with Crippen LogP contribution in [0.3, 0.4) is 0 Å². The van der Waals surface area contributed by atoms with Crippen molar-refractivity contribution in [2.45, 2.75) is 37.6 Å². The van der Waals surface area contributed by atoms with Gasteiger partial charge in [-0.1, -0.05) is 47.7 Å². The van der Waals surface area contributed by atoms with Crippen LogP contribution in [0.5, 0.6) is 0 Å². The first-order valence-electron chi connectivity index (χ1n) is 11.3. The highest BCUT2D eigenvalue weighted by molar-refractivity contribution is 8.00. The third kappa shape index (κ3) is 6.11. The number of carbonyl (C=O) groups is 2. The van der Waals surface area contributed by atoms with E-state index in [0.29, 0.717) is 31.3 Å². The molecule has 1 fully saturated rings. The number of aryl methyl sites for hydroxylation is 2. The number of rotatable bonds is 6. The van der Waals surface area contributed by atoms with E-state index in [2.05, 4.69) is 15.5 Å². The Kier molecular flexibility index (Phi) is 7.77. The molecule has 1 aliphatic heterocycles. The minimum absolute atomic E-state index is 0.385. The van der Waals surface area contributed by atoms with E-state index in [1.54, 1.807) is 6.92 Å². The third-order valence-electron chi connectivity index (χ3n) is 5.61. The third-order valence-corrected chi connectivity index (χ3v) is 6.71. The zero-order valence-corrected chi connectivity index (χ0v) is 20.4. The first-order chi connectivity index (χ1) is 16.4. The van der Waals surface area contributed by atoms with Gasteiger partial charge in [-0.2, -0.15) is 0 Å². The summed E-state index contributed by atoms with van der Waals surface area (Å²) in [4.78, 5) is 36.9. The highest BCUT2D eigenvalue weighted by atomic mass is 32.2. The number of para-hydroxylation sites is 1. The summed E-state index contributed by atoms with van der Waals surface area (Å²) in [6.45, 7) is 9.39. The molecule has 2 N–H and O–H groups in total. The second-order valence-corrected chi connectivity index (χ2v) is 9.70. The standard InChI is InChI=1S/C25H29N5O3S/c1-16-8-9-20(17(2)14-16)27-25(32)29-23(31)18(3)34-24-19-6-4-5-7-21(19)26-22(28-24)15-30-10-12-33-13-11-30/h4-9,14,18H,10-13,15H2,1-3H3,(H2,27,29,31,32). The van der Waals surface area contributed by atoms with E-state index in [1.165, 1.54) is 11.8 Å². The molecule has 1 unspecified atom stereocenters. The number of ether oxygens (including phenoxy) is 1. The minimum Gasteiger partial charge on any atom is -0.379 e. The van der Waals surface area contributed by atoms with Crippen LogP contribution >= 0.6 is 11.8 Å². The van der Waals surface area contributed by atoms with Gasteiger partial charge in [-0.3, -0.25) is 15.0 Å². The predicted molar refractivity (Wildman–Crippen MR) is 134 cm³/mol. The van der Waals surface area contributed by atoms with Gasteiger partial charge in [0.15, 0.2) is 0 Å². The Labute approximate surface area is 203 Å². The fourth-order valence-electron chi connectivity index (χ4n) is 3.76. The largest absolute Gasteiger partial charge is 0.379 e. The Morgan fingerprint density at radius 3 is 2.65 bits per heavy atom. The Morgan fingerprint density at radius 1 is 1.12 bits per heavy atom. The number of hydrogen-bond donors (Lipinski definition) is 2. The van der Waals surface area contributed by atoms with E-state index in [-0.39, 0.29) is 5.91 Å². The van der Waals surface area contributed by atoms with Crippen molar-refractivity contribution in [3.8, 4) is 0 Å². The monoisotopic (exact) mass is 479 g/mol. The first kappa shape index (κ1) is 24.1. The van der Waals surface area contributed by atoms with Crippen LogP contribution in [0.15, 0.2) is 47.5 Å². The molecule has 1 aromatic heterocycles. The fourth-order valence-corrected chi connectivity index (χ4v) is 4.71. The maximum atomic E-state index is 12.8. The quantitative estimate of drug-likeness (QED) is 0.409. The van der Waals surface area contributed by atoms with Gasteiger partial charge in [-0.25, -0.2) is 14.8 Å². The van der Waals surface area contributed by atoms with Crippen molar-refractivity contribution < 1.29 is 14.3 Å². The Morgan fingerprint density at radius 2 is 1.88 bits per heavy atom. The molecular formula is C25H29N5O3S. The Bertz CT molecular complexity index is 1200. The summed E-state index contributed by atoms with van der Waals surface area (Å²) in [5.74, 6) is 0.327. The summed E-state index contributed by atoms with van der Waals surface area (Å²) >= 11 is 1.32. The van der Waals surface area contributed by atoms with Crippen LogP contribution in [-0.2, 0) is 16.1 Å². The molecule has 8 nitrogen and oxygen atoms in total. The first-order valence-corrected chi connectivity index (χ1v) is 12.2. The summed E-state index contributed by atoms with van der Waals surface area (Å²) in [6, 6.07) is 12.9. The molecule has 0 bridgehead atoms. The predicted octanol–water partition coefficient (Wildman–Crippen LogP) is 3.91. The zero-order chi connectivity index (χ0) is 24.1. The minimum atomic E-state index is -0.551. The van der Waals surface area contributed by atoms with Crippen molar-refractivity contribution in [3.05, 3.63) is 59.4 Å². The van der Waals surface area contributed by atoms with E-state index in [9.17, 15) is 9.59 Å². The lowest BCUT2D eigenvalue weighted by molar-refractivity contribution is -0.119. The summed E-state index contributed by atoms with van der Waals surface area (Å²) in [7, 11) is 0. The van der Waals surface area contributed by atoms with Crippen LogP contribution in [0.1, 0.15) is 23.9 Å². The SMILES string of the molecule is Cc1ccc(NC(=O)NC(=O)C(C)Sc2nc(CN3CCOCC3)nc3ccccc23)c(C)c1. The van der Waals surface area contributed by atoms with Crippen LogP contribution in [0.2, 0.25) is 0 Å². The van der Waals surface area contributed by atoms with E-state index < -0.39 is 11.3 Å². The van der Waals surface area contributed by atoms with Crippen molar-refractivity contribution in [2.24, 2.45) is 0 Å². The topological polar surface area (TPSA) is 96.5 Å². The van der Waals surface area contributed by atoms with Gasteiger partial charge in [0.25, 0.3) is 0 Å². The number of thioether (sulfide) groups is 1. The number of urea groups is 1. The van der Waals surface area contributed by atoms with Gasteiger partial charge in [0.05, 0.1) is 30.5 Å². The van der Waals surface area contributed by atoms with Crippen molar-refractivity contribution in [1.82, 2.24) is 20.2 Å². The summed E-state index contributed by atoms with van der Waals surface area (Å²) in [5, 5.41) is 6.28. The number of imide groups is 1. The number of aromatic nitrogens is 2. The number of morpholine rings is 1. The van der Waals surface area contributed by atoms with Gasteiger partial charge in [0.1, 0.15) is 10.9 Å². The number of fused-ring (bicyclic) bond motifs is 1. The van der Waals surface area contributed by atoms with Crippen LogP contribution in [0.25, 0.3) is 10.9 Å². The molecule has 0 saturated carbocycles. The molecule has 1 saturated heterocycles. The van der Waals surface area contributed by atoms with Gasteiger partial charge in [-0.05, 0) is 38.5 Å². The van der Waals surface area contributed by atoms with Gasteiger partial charge in [0.2, 0.25) is 5.91 Å². The number of carbonyl (C=O) groups excluding carboxylic acids is 2. The smallest absolute Gasteiger partial charge is 0.325 e. The molecule has 4 rings (SSSR count). The van der Waals surface area contributed by atoms with E-state index in [1.807, 2.05) is 56.3 Å². The molecular weight excluding hydrogens is 450 g/mol. The maximum Gasteiger partial charge on any atom is 0.325 e. The number of nitrogens with one attached hydrogen (secondary N) is 2. The molecule has 9 heteroatoms. The average molecular weight is 480 g/mol. The molecule has 178 valence electrons.